The summed E-state index contributed by atoms with van der Waals surface area (Å²) >= 11 is 0. The summed E-state index contributed by atoms with van der Waals surface area (Å²) in [5, 5.41) is 265. The van der Waals surface area contributed by atoms with Crippen LogP contribution in [0.15, 0.2) is 0 Å². The van der Waals surface area contributed by atoms with Crippen LogP contribution in [0.1, 0.15) is 0 Å². The van der Waals surface area contributed by atoms with Gasteiger partial charge in [0.2, 0.25) is 0 Å². The minimum Gasteiger partial charge on any atom is -0.394 e. The molecule has 1 saturated heterocycles. The van der Waals surface area contributed by atoms with E-state index in [4.69, 9.17) is 132 Å². The Morgan fingerprint density at radius 3 is 0.785 bits per heavy atom. The van der Waals surface area contributed by atoms with Crippen LogP contribution in [0.3, 0.4) is 0 Å². The van der Waals surface area contributed by atoms with Gasteiger partial charge in [0, 0.05) is 0 Å². The van der Waals surface area contributed by atoms with E-state index in [0.717, 1.165) is 0 Å². The second kappa shape index (κ2) is 39.6. The third-order valence-electron chi connectivity index (χ3n) is 8.63. The van der Waals surface area contributed by atoms with Crippen molar-refractivity contribution in [1.29, 1.82) is 0 Å². The first-order chi connectivity index (χ1) is 30.2. The molecule has 0 saturated carbocycles. The van der Waals surface area contributed by atoms with Crippen molar-refractivity contribution in [2.45, 2.75) is 134 Å². The molecule has 32 nitrogen and oxygen atoms in total. The smallest absolute Gasteiger partial charge is 0.187 e. The summed E-state index contributed by atoms with van der Waals surface area (Å²) in [5.41, 5.74) is 0. The molecule has 0 aromatic carbocycles. The molecule has 1 aliphatic rings. The molecule has 3 unspecified atom stereocenters. The Morgan fingerprint density at radius 1 is 0.292 bits per heavy atom. The van der Waals surface area contributed by atoms with Crippen molar-refractivity contribution in [3.63, 3.8) is 0 Å². The van der Waals surface area contributed by atoms with Crippen LogP contribution in [-0.4, -0.2) is 360 Å². The standard InChI is InChI=1S/C12H24O11.2C6H14O6.C5H12O5.C4H10O4/c13-1-4(16)7(18)11(5(17)2-14)23-12-10(21)9(20)8(19)6(3-15)22-12;2*7-1-3(9)5(11)6(12)4(10)2-8;6-1-3(8)5(10)4(9)2-7;5-1-3(7)4(8)2-6/h4-21H,1-3H2;2*3-12H,1-2H2;3-10H,1-2H2;3-8H,1-2H2/t4-,5+,6+,7+,8+,9-,10+,11+,12+;3-,4+,5-,6-;3-,4-,5-,6-;3-,4+,5?;/m011../s1. The lowest BCUT2D eigenvalue weighted by Crippen LogP contribution is -2.61. The average molecular weight is 983 g/mol. The van der Waals surface area contributed by atoms with E-state index in [2.05, 4.69) is 0 Å². The van der Waals surface area contributed by atoms with Crippen LogP contribution >= 0.6 is 0 Å². The number of aliphatic hydroxyl groups excluding tert-OH is 30. The fraction of sp³-hybridized carbons (Fsp3) is 1.00. The summed E-state index contributed by atoms with van der Waals surface area (Å²) in [6.07, 6.45) is -34.6. The van der Waals surface area contributed by atoms with E-state index in [1.54, 1.807) is 0 Å². The van der Waals surface area contributed by atoms with Gasteiger partial charge in [0.05, 0.1) is 72.7 Å². The van der Waals surface area contributed by atoms with Gasteiger partial charge in [0.15, 0.2) is 6.29 Å². The molecule has 1 heterocycles. The fourth-order valence-electron chi connectivity index (χ4n) is 4.22. The molecule has 0 aromatic rings. The average Bonchev–Trinajstić information content (AvgIpc) is 3.34. The molecule has 0 aliphatic carbocycles. The van der Waals surface area contributed by atoms with Crippen molar-refractivity contribution >= 4 is 0 Å². The molecule has 65 heavy (non-hydrogen) atoms. The summed E-state index contributed by atoms with van der Waals surface area (Å²) in [5.74, 6) is 0. The maximum Gasteiger partial charge on any atom is 0.187 e. The fourth-order valence-corrected chi connectivity index (χ4v) is 4.22. The van der Waals surface area contributed by atoms with Gasteiger partial charge in [-0.2, -0.15) is 0 Å². The van der Waals surface area contributed by atoms with Gasteiger partial charge in [0.25, 0.3) is 0 Å². The Labute approximate surface area is 369 Å². The molecule has 1 fully saturated rings. The van der Waals surface area contributed by atoms with E-state index in [-0.39, 0.29) is 0 Å². The van der Waals surface area contributed by atoms with Crippen molar-refractivity contribution in [2.75, 3.05) is 72.7 Å². The minimum atomic E-state index is -1.85. The van der Waals surface area contributed by atoms with E-state index in [1.165, 1.54) is 0 Å². The van der Waals surface area contributed by atoms with Gasteiger partial charge < -0.3 is 163 Å². The molecule has 0 aromatic heterocycles. The summed E-state index contributed by atoms with van der Waals surface area (Å²) in [4.78, 5) is 0. The molecular weight excluding hydrogens is 908 g/mol. The van der Waals surface area contributed by atoms with Gasteiger partial charge in [-0.05, 0) is 0 Å². The summed E-state index contributed by atoms with van der Waals surface area (Å²) in [7, 11) is 0. The van der Waals surface area contributed by atoms with Crippen molar-refractivity contribution in [2.24, 2.45) is 0 Å². The minimum absolute atomic E-state index is 0.526. The van der Waals surface area contributed by atoms with Crippen LogP contribution in [0, 0.1) is 0 Å². The Bertz CT molecular complexity index is 985. The molecule has 1 rings (SSSR count). The van der Waals surface area contributed by atoms with E-state index < -0.39 is 207 Å². The monoisotopic (exact) mass is 982 g/mol. The largest absolute Gasteiger partial charge is 0.394 e. The van der Waals surface area contributed by atoms with E-state index in [0.29, 0.717) is 0 Å². The highest BCUT2D eigenvalue weighted by Crippen LogP contribution is 2.25. The third kappa shape index (κ3) is 26.9. The Morgan fingerprint density at radius 2 is 0.538 bits per heavy atom. The van der Waals surface area contributed by atoms with Crippen LogP contribution in [0.25, 0.3) is 0 Å². The van der Waals surface area contributed by atoms with Gasteiger partial charge >= 0.3 is 0 Å². The summed E-state index contributed by atoms with van der Waals surface area (Å²) < 4.78 is 10.1. The number of hydrogen-bond acceptors (Lipinski definition) is 32. The highest BCUT2D eigenvalue weighted by Gasteiger charge is 2.47. The Kier molecular flexibility index (Phi) is 42.8. The Balaban J connectivity index is -0.000000381. The van der Waals surface area contributed by atoms with Crippen LogP contribution in [0.5, 0.6) is 0 Å². The molecule has 398 valence electrons. The van der Waals surface area contributed by atoms with Crippen LogP contribution in [0.2, 0.25) is 0 Å². The predicted octanol–water partition coefficient (Wildman–Crippen LogP) is -18.2. The Hall–Kier alpha value is -1.28. The zero-order valence-corrected chi connectivity index (χ0v) is 34.7. The molecule has 0 radical (unpaired) electrons. The lowest BCUT2D eigenvalue weighted by molar-refractivity contribution is -0.327. The first kappa shape index (κ1) is 70.3. The van der Waals surface area contributed by atoms with Crippen molar-refractivity contribution in [3.05, 3.63) is 0 Å². The first-order valence-corrected chi connectivity index (χ1v) is 19.2. The number of hydrogen-bond donors (Lipinski definition) is 30. The predicted molar refractivity (Wildman–Crippen MR) is 206 cm³/mol. The zero-order valence-electron chi connectivity index (χ0n) is 34.7. The maximum absolute atomic E-state index is 9.83. The van der Waals surface area contributed by atoms with E-state index in [1.807, 2.05) is 0 Å². The second-order valence-electron chi connectivity index (χ2n) is 13.7. The quantitative estimate of drug-likeness (QED) is 0.0404. The molecule has 30 N–H and O–H groups in total. The lowest BCUT2D eigenvalue weighted by Gasteiger charge is -2.42. The maximum atomic E-state index is 9.83. The zero-order chi connectivity index (χ0) is 51.9. The number of aliphatic hydroxyl groups is 30. The van der Waals surface area contributed by atoms with Gasteiger partial charge in [-0.25, -0.2) is 0 Å². The lowest BCUT2D eigenvalue weighted by atomic mass is 9.98. The van der Waals surface area contributed by atoms with Crippen molar-refractivity contribution in [1.82, 2.24) is 0 Å². The summed E-state index contributed by atoms with van der Waals surface area (Å²) in [6, 6.07) is 0. The van der Waals surface area contributed by atoms with Gasteiger partial charge in [-0.3, -0.25) is 0 Å². The van der Waals surface area contributed by atoms with E-state index in [9.17, 15) is 30.6 Å². The highest BCUT2D eigenvalue weighted by atomic mass is 16.7. The van der Waals surface area contributed by atoms with Crippen LogP contribution < -0.4 is 0 Å². The van der Waals surface area contributed by atoms with Gasteiger partial charge in [-0.15, -0.1) is 0 Å². The third-order valence-corrected chi connectivity index (χ3v) is 8.63. The molecule has 22 atom stereocenters. The second-order valence-corrected chi connectivity index (χ2v) is 13.7. The molecule has 0 spiro atoms. The normalized spacial score (nSPS) is 26.4. The molecular formula is C33H74O32. The van der Waals surface area contributed by atoms with Crippen molar-refractivity contribution in [3.8, 4) is 0 Å². The van der Waals surface area contributed by atoms with Gasteiger partial charge in [-0.1, -0.05) is 0 Å². The topological polar surface area (TPSA) is 625 Å². The van der Waals surface area contributed by atoms with Gasteiger partial charge in [0.1, 0.15) is 128 Å². The molecule has 0 amide bonds. The molecule has 0 bridgehead atoms. The van der Waals surface area contributed by atoms with Crippen LogP contribution in [0.4, 0.5) is 0 Å². The molecule has 1 aliphatic heterocycles. The SMILES string of the molecule is OCC(O)C(O)CO.OC[C@@H](O)C(O)[C@@H](O)CO.OC[C@@H](O)[C@@H](O)[C@H](O)[C@@H](O)CO.OC[C@@H](O)[C@@H](O)[C@H](O)[C@H](O)CO.OC[C@@H](O)[C@@H](O[C@H]1O[C@H](CO)[C@@H](O)[C@H](O)[C@H]1O)[C@H](O)[C@@H](O)CO. The van der Waals surface area contributed by atoms with Crippen molar-refractivity contribution < 1.29 is 163 Å². The van der Waals surface area contributed by atoms with Crippen LogP contribution in [-0.2, 0) is 9.47 Å². The number of ether oxygens (including phenoxy) is 2. The summed E-state index contributed by atoms with van der Waals surface area (Å²) in [6.45, 7) is -7.69. The molecule has 32 heteroatoms. The first-order valence-electron chi connectivity index (χ1n) is 19.2. The highest BCUT2D eigenvalue weighted by molar-refractivity contribution is 4.91. The van der Waals surface area contributed by atoms with E-state index >= 15 is 0 Å². The number of rotatable bonds is 25.